The number of rotatable bonds is 6. The Morgan fingerprint density at radius 3 is 2.85 bits per heavy atom. The van der Waals surface area contributed by atoms with Gasteiger partial charge in [0.05, 0.1) is 11.4 Å². The highest BCUT2D eigenvalue weighted by Crippen LogP contribution is 2.31. The maximum absolute atomic E-state index is 12.4. The van der Waals surface area contributed by atoms with E-state index in [4.69, 9.17) is 13.9 Å². The van der Waals surface area contributed by atoms with Crippen LogP contribution in [0.25, 0.3) is 0 Å². The molecule has 4 rings (SSSR count). The van der Waals surface area contributed by atoms with Crippen LogP contribution in [0.3, 0.4) is 0 Å². The number of benzene rings is 1. The van der Waals surface area contributed by atoms with Crippen LogP contribution in [-0.4, -0.2) is 44.7 Å². The molecule has 0 fully saturated rings. The molecular weight excluding hydrogens is 356 g/mol. The predicted octanol–water partition coefficient (Wildman–Crippen LogP) is 2.37. The molecule has 0 saturated heterocycles. The van der Waals surface area contributed by atoms with Crippen LogP contribution >= 0.6 is 11.8 Å². The fourth-order valence-corrected chi connectivity index (χ4v) is 3.15. The second-order valence-corrected chi connectivity index (χ2v) is 6.61. The zero-order valence-electron chi connectivity index (χ0n) is 14.0. The monoisotopic (exact) mass is 372 g/mol. The lowest BCUT2D eigenvalue weighted by atomic mass is 10.1. The molecule has 0 bridgehead atoms. The first-order chi connectivity index (χ1) is 12.7. The van der Waals surface area contributed by atoms with Gasteiger partial charge in [-0.2, -0.15) is 5.10 Å². The van der Waals surface area contributed by atoms with Crippen molar-refractivity contribution >= 4 is 17.5 Å². The van der Waals surface area contributed by atoms with E-state index in [9.17, 15) is 4.79 Å². The molecule has 1 aliphatic rings. The van der Waals surface area contributed by atoms with Crippen molar-refractivity contribution in [3.05, 3.63) is 47.6 Å². The predicted molar refractivity (Wildman–Crippen MR) is 92.9 cm³/mol. The molecule has 8 nitrogen and oxygen atoms in total. The van der Waals surface area contributed by atoms with Crippen LogP contribution in [0, 0.1) is 6.92 Å². The highest BCUT2D eigenvalue weighted by molar-refractivity contribution is 7.99. The molecular formula is C17H16N4O4S. The highest BCUT2D eigenvalue weighted by atomic mass is 32.2. The Kier molecular flexibility index (Phi) is 4.61. The summed E-state index contributed by atoms with van der Waals surface area (Å²) < 4.78 is 18.2. The van der Waals surface area contributed by atoms with E-state index >= 15 is 0 Å². The average molecular weight is 372 g/mol. The lowest BCUT2D eigenvalue weighted by Gasteiger charge is -2.18. The summed E-state index contributed by atoms with van der Waals surface area (Å²) in [5.41, 5.74) is 1.48. The van der Waals surface area contributed by atoms with Crippen molar-refractivity contribution in [1.29, 1.82) is 0 Å². The number of hydrogen-bond acceptors (Lipinski definition) is 8. The lowest BCUT2D eigenvalue weighted by molar-refractivity contribution is 0.102. The smallest absolute Gasteiger partial charge is 0.277 e. The van der Waals surface area contributed by atoms with Gasteiger partial charge in [-0.1, -0.05) is 11.8 Å². The summed E-state index contributed by atoms with van der Waals surface area (Å²) >= 11 is 1.21. The van der Waals surface area contributed by atoms with E-state index < -0.39 is 0 Å². The van der Waals surface area contributed by atoms with Crippen LogP contribution in [-0.2, 0) is 6.54 Å². The first-order valence-electron chi connectivity index (χ1n) is 8.05. The van der Waals surface area contributed by atoms with Gasteiger partial charge in [0.15, 0.2) is 17.3 Å². The van der Waals surface area contributed by atoms with Crippen LogP contribution in [0.4, 0.5) is 0 Å². The van der Waals surface area contributed by atoms with Gasteiger partial charge in [0.1, 0.15) is 19.8 Å². The maximum atomic E-state index is 12.4. The standard InChI is InChI=1S/C17H16N4O4S/c1-11-4-5-21(20-11)9-16-18-19-17(25-16)26-10-13(22)12-2-3-14-15(8-12)24-7-6-23-14/h2-5,8H,6-7,9-10H2,1H3. The SMILES string of the molecule is Cc1ccn(Cc2nnc(SCC(=O)c3ccc4c(c3)OCCO4)o2)n1. The maximum Gasteiger partial charge on any atom is 0.277 e. The molecule has 0 unspecified atom stereocenters. The molecule has 0 aliphatic carbocycles. The number of carbonyl (C=O) groups is 1. The van der Waals surface area contributed by atoms with Gasteiger partial charge >= 0.3 is 0 Å². The minimum atomic E-state index is -0.0468. The fraction of sp³-hybridized carbons (Fsp3) is 0.294. The third kappa shape index (κ3) is 3.72. The molecule has 0 spiro atoms. The zero-order valence-corrected chi connectivity index (χ0v) is 14.9. The van der Waals surface area contributed by atoms with E-state index in [1.165, 1.54) is 11.8 Å². The van der Waals surface area contributed by atoms with Crippen molar-refractivity contribution in [2.24, 2.45) is 0 Å². The van der Waals surface area contributed by atoms with E-state index in [0.717, 1.165) is 5.69 Å². The summed E-state index contributed by atoms with van der Waals surface area (Å²) in [6, 6.07) is 7.09. The van der Waals surface area contributed by atoms with Crippen LogP contribution in [0.2, 0.25) is 0 Å². The Bertz CT molecular complexity index is 936. The number of Topliss-reactive ketones (excluding diaryl/α,β-unsaturated/α-hetero) is 1. The highest BCUT2D eigenvalue weighted by Gasteiger charge is 2.16. The van der Waals surface area contributed by atoms with Gasteiger partial charge in [-0.05, 0) is 31.2 Å². The second kappa shape index (κ2) is 7.20. The van der Waals surface area contributed by atoms with Crippen molar-refractivity contribution < 1.29 is 18.7 Å². The summed E-state index contributed by atoms with van der Waals surface area (Å²) in [4.78, 5) is 12.4. The third-order valence-corrected chi connectivity index (χ3v) is 4.53. The molecule has 26 heavy (non-hydrogen) atoms. The quantitative estimate of drug-likeness (QED) is 0.481. The molecule has 0 amide bonds. The number of aromatic nitrogens is 4. The first-order valence-corrected chi connectivity index (χ1v) is 9.04. The number of thioether (sulfide) groups is 1. The third-order valence-electron chi connectivity index (χ3n) is 3.71. The molecule has 9 heteroatoms. The van der Waals surface area contributed by atoms with Crippen molar-refractivity contribution in [3.8, 4) is 11.5 Å². The number of aryl methyl sites for hydroxylation is 1. The summed E-state index contributed by atoms with van der Waals surface area (Å²) in [5.74, 6) is 1.86. The average Bonchev–Trinajstić information content (AvgIpc) is 3.28. The van der Waals surface area contributed by atoms with Gasteiger partial charge in [-0.3, -0.25) is 9.48 Å². The number of ether oxygens (including phenoxy) is 2. The van der Waals surface area contributed by atoms with Crippen molar-refractivity contribution in [2.45, 2.75) is 18.7 Å². The topological polar surface area (TPSA) is 92.3 Å². The summed E-state index contributed by atoms with van der Waals surface area (Å²) in [7, 11) is 0. The van der Waals surface area contributed by atoms with Crippen LogP contribution in [0.5, 0.6) is 11.5 Å². The number of carbonyl (C=O) groups excluding carboxylic acids is 1. The first kappa shape index (κ1) is 16.6. The molecule has 0 saturated carbocycles. The minimum absolute atomic E-state index is 0.0468. The van der Waals surface area contributed by atoms with Gasteiger partial charge in [0.2, 0.25) is 5.89 Å². The normalized spacial score (nSPS) is 13.0. The molecule has 3 heterocycles. The Balaban J connectivity index is 1.36. The Morgan fingerprint density at radius 2 is 2.04 bits per heavy atom. The van der Waals surface area contributed by atoms with Crippen molar-refractivity contribution in [1.82, 2.24) is 20.0 Å². The second-order valence-electron chi connectivity index (χ2n) is 5.69. The Labute approximate surface area is 153 Å². The van der Waals surface area contributed by atoms with Crippen molar-refractivity contribution in [3.63, 3.8) is 0 Å². The fourth-order valence-electron chi connectivity index (χ4n) is 2.48. The van der Waals surface area contributed by atoms with Crippen LogP contribution < -0.4 is 9.47 Å². The summed E-state index contributed by atoms with van der Waals surface area (Å²) in [6.45, 7) is 3.32. The molecule has 1 aromatic carbocycles. The molecule has 3 aromatic rings. The molecule has 0 N–H and O–H groups in total. The Morgan fingerprint density at radius 1 is 1.19 bits per heavy atom. The van der Waals surface area contributed by atoms with Crippen molar-refractivity contribution in [2.75, 3.05) is 19.0 Å². The number of nitrogens with zero attached hydrogens (tertiary/aromatic N) is 4. The zero-order chi connectivity index (χ0) is 17.9. The number of ketones is 1. The molecule has 1 aliphatic heterocycles. The van der Waals surface area contributed by atoms with Gasteiger partial charge in [0, 0.05) is 11.8 Å². The van der Waals surface area contributed by atoms with E-state index in [0.29, 0.717) is 47.9 Å². The van der Waals surface area contributed by atoms with Gasteiger partial charge < -0.3 is 13.9 Å². The number of hydrogen-bond donors (Lipinski definition) is 0. The van der Waals surface area contributed by atoms with Crippen LogP contribution in [0.1, 0.15) is 21.9 Å². The summed E-state index contributed by atoms with van der Waals surface area (Å²) in [5, 5.41) is 12.6. The molecule has 0 atom stereocenters. The Hall–Kier alpha value is -2.81. The largest absolute Gasteiger partial charge is 0.486 e. The van der Waals surface area contributed by atoms with E-state index in [1.54, 1.807) is 22.9 Å². The van der Waals surface area contributed by atoms with E-state index in [1.807, 2.05) is 19.2 Å². The van der Waals surface area contributed by atoms with Crippen LogP contribution in [0.15, 0.2) is 40.1 Å². The van der Waals surface area contributed by atoms with Gasteiger partial charge in [-0.25, -0.2) is 0 Å². The number of fused-ring (bicyclic) bond motifs is 1. The molecule has 134 valence electrons. The van der Waals surface area contributed by atoms with E-state index in [2.05, 4.69) is 15.3 Å². The molecule has 0 radical (unpaired) electrons. The lowest BCUT2D eigenvalue weighted by Crippen LogP contribution is -2.16. The van der Waals surface area contributed by atoms with Gasteiger partial charge in [0.25, 0.3) is 5.22 Å². The molecule has 2 aromatic heterocycles. The van der Waals surface area contributed by atoms with E-state index in [-0.39, 0.29) is 11.5 Å². The summed E-state index contributed by atoms with van der Waals surface area (Å²) in [6.07, 6.45) is 1.84. The van der Waals surface area contributed by atoms with Gasteiger partial charge in [-0.15, -0.1) is 10.2 Å². The minimum Gasteiger partial charge on any atom is -0.486 e.